The van der Waals surface area contributed by atoms with Crippen LogP contribution in [0, 0.1) is 5.92 Å². The highest BCUT2D eigenvalue weighted by atomic mass is 16.5. The van der Waals surface area contributed by atoms with Crippen molar-refractivity contribution in [2.24, 2.45) is 5.92 Å². The van der Waals surface area contributed by atoms with Crippen LogP contribution < -0.4 is 0 Å². The summed E-state index contributed by atoms with van der Waals surface area (Å²) in [6.07, 6.45) is 2.08. The first-order chi connectivity index (χ1) is 6.70. The smallest absolute Gasteiger partial charge is 0.0567 e. The van der Waals surface area contributed by atoms with Crippen molar-refractivity contribution in [1.82, 2.24) is 5.06 Å². The van der Waals surface area contributed by atoms with Crippen molar-refractivity contribution in [3.05, 3.63) is 0 Å². The van der Waals surface area contributed by atoms with Crippen LogP contribution in [0.5, 0.6) is 0 Å². The van der Waals surface area contributed by atoms with Gasteiger partial charge in [0.05, 0.1) is 6.10 Å². The zero-order valence-corrected chi connectivity index (χ0v) is 10.6. The third kappa shape index (κ3) is 2.52. The van der Waals surface area contributed by atoms with E-state index in [1.807, 2.05) is 34.6 Å². The van der Waals surface area contributed by atoms with Crippen molar-refractivity contribution in [3.8, 4) is 0 Å². The van der Waals surface area contributed by atoms with Crippen LogP contribution in [-0.2, 0) is 5.21 Å². The van der Waals surface area contributed by atoms with Crippen LogP contribution >= 0.6 is 0 Å². The third-order valence-electron chi connectivity index (χ3n) is 3.59. The topological polar surface area (TPSA) is 43.4 Å². The first-order valence-electron chi connectivity index (χ1n) is 5.86. The van der Waals surface area contributed by atoms with Crippen LogP contribution in [0.25, 0.3) is 0 Å². The lowest BCUT2D eigenvalue weighted by Gasteiger charge is -2.50. The molecule has 1 aliphatic heterocycles. The third-order valence-corrected chi connectivity index (χ3v) is 3.59. The molecule has 15 heavy (non-hydrogen) atoms. The molecule has 0 aromatic carbocycles. The Morgan fingerprint density at radius 3 is 2.00 bits per heavy atom. The molecular formula is C12H24NO2. The molecule has 0 aliphatic carbocycles. The molecule has 1 aliphatic rings. The molecule has 1 heterocycles. The molecule has 89 valence electrons. The number of hydrogen-bond acceptors (Lipinski definition) is 2. The van der Waals surface area contributed by atoms with Gasteiger partial charge in [-0.1, -0.05) is 6.92 Å². The number of nitrogens with zero attached hydrogens (tertiary/aromatic N) is 1. The van der Waals surface area contributed by atoms with Crippen molar-refractivity contribution in [2.45, 2.75) is 71.1 Å². The van der Waals surface area contributed by atoms with E-state index >= 15 is 0 Å². The number of aliphatic hydroxyl groups is 1. The summed E-state index contributed by atoms with van der Waals surface area (Å²) in [5, 5.41) is 23.2. The van der Waals surface area contributed by atoms with Gasteiger partial charge in [-0.15, -0.1) is 10.3 Å². The normalized spacial score (nSPS) is 29.0. The molecule has 0 aromatic heterocycles. The van der Waals surface area contributed by atoms with E-state index in [1.54, 1.807) is 0 Å². The van der Waals surface area contributed by atoms with Gasteiger partial charge in [0.25, 0.3) is 0 Å². The van der Waals surface area contributed by atoms with Crippen molar-refractivity contribution in [2.75, 3.05) is 0 Å². The maximum Gasteiger partial charge on any atom is 0.0567 e. The lowest BCUT2D eigenvalue weighted by Crippen LogP contribution is -2.59. The van der Waals surface area contributed by atoms with E-state index in [-0.39, 0.29) is 23.1 Å². The average Bonchev–Trinajstić information content (AvgIpc) is 2.11. The monoisotopic (exact) mass is 214 g/mol. The molecule has 1 atom stereocenters. The van der Waals surface area contributed by atoms with Crippen LogP contribution in [0.1, 0.15) is 53.9 Å². The zero-order valence-electron chi connectivity index (χ0n) is 10.6. The van der Waals surface area contributed by atoms with Gasteiger partial charge in [0, 0.05) is 11.1 Å². The second kappa shape index (κ2) is 4.04. The van der Waals surface area contributed by atoms with Crippen molar-refractivity contribution in [3.63, 3.8) is 0 Å². The fourth-order valence-corrected chi connectivity index (χ4v) is 2.95. The maximum absolute atomic E-state index is 12.1. The van der Waals surface area contributed by atoms with Crippen LogP contribution in [-0.4, -0.2) is 27.4 Å². The van der Waals surface area contributed by atoms with Gasteiger partial charge in [0.15, 0.2) is 0 Å². The molecule has 0 amide bonds. The highest BCUT2D eigenvalue weighted by Gasteiger charge is 2.47. The van der Waals surface area contributed by atoms with Crippen LogP contribution in [0.4, 0.5) is 0 Å². The number of hydrogen-bond donors (Lipinski definition) is 1. The zero-order chi connectivity index (χ0) is 11.9. The Labute approximate surface area is 93.1 Å². The standard InChI is InChI=1S/C12H24NO2/c1-6-10(14)9-7-11(2,3)13(15)12(4,5)8-9/h9-10,14H,6-8H2,1-5H3. The SMILES string of the molecule is CCC(O)C1CC(C)(C)N([O])C(C)(C)C1. The van der Waals surface area contributed by atoms with Gasteiger partial charge in [-0.25, -0.2) is 0 Å². The van der Waals surface area contributed by atoms with Crippen LogP contribution in [0.15, 0.2) is 0 Å². The Morgan fingerprint density at radius 1 is 1.27 bits per heavy atom. The second-order valence-corrected chi connectivity index (χ2v) is 6.06. The van der Waals surface area contributed by atoms with Gasteiger partial charge >= 0.3 is 0 Å². The molecule has 1 saturated heterocycles. The molecule has 0 saturated carbocycles. The minimum absolute atomic E-state index is 0.255. The Hall–Kier alpha value is -0.120. The summed E-state index contributed by atoms with van der Waals surface area (Å²) in [4.78, 5) is 0. The molecule has 0 aromatic rings. The summed E-state index contributed by atoms with van der Waals surface area (Å²) in [5.41, 5.74) is -0.717. The van der Waals surface area contributed by atoms with E-state index in [0.717, 1.165) is 19.3 Å². The fraction of sp³-hybridized carbons (Fsp3) is 1.00. The average molecular weight is 214 g/mol. The molecule has 3 heteroatoms. The van der Waals surface area contributed by atoms with E-state index in [4.69, 9.17) is 0 Å². The number of piperidine rings is 1. The van der Waals surface area contributed by atoms with Crippen LogP contribution in [0.2, 0.25) is 0 Å². The Kier molecular flexibility index (Phi) is 3.49. The van der Waals surface area contributed by atoms with E-state index in [9.17, 15) is 10.3 Å². The molecule has 1 fully saturated rings. The summed E-state index contributed by atoms with van der Waals surface area (Å²) in [7, 11) is 0. The first-order valence-corrected chi connectivity index (χ1v) is 5.86. The van der Waals surface area contributed by atoms with Crippen molar-refractivity contribution in [1.29, 1.82) is 0 Å². The van der Waals surface area contributed by atoms with Gasteiger partial charge in [-0.2, -0.15) is 0 Å². The van der Waals surface area contributed by atoms with E-state index in [0.29, 0.717) is 0 Å². The summed E-state index contributed by atoms with van der Waals surface area (Å²) in [6, 6.07) is 0. The lowest BCUT2D eigenvalue weighted by atomic mass is 9.73. The first kappa shape index (κ1) is 12.9. The molecule has 1 unspecified atom stereocenters. The minimum atomic E-state index is -0.359. The van der Waals surface area contributed by atoms with E-state index in [2.05, 4.69) is 0 Å². The summed E-state index contributed by atoms with van der Waals surface area (Å²) in [6.45, 7) is 9.87. The minimum Gasteiger partial charge on any atom is -0.393 e. The number of rotatable bonds is 2. The summed E-state index contributed by atoms with van der Waals surface area (Å²) >= 11 is 0. The highest BCUT2D eigenvalue weighted by molar-refractivity contribution is 4.97. The van der Waals surface area contributed by atoms with Gasteiger partial charge in [0.2, 0.25) is 0 Å². The van der Waals surface area contributed by atoms with E-state index in [1.165, 1.54) is 5.06 Å². The lowest BCUT2D eigenvalue weighted by molar-refractivity contribution is -0.298. The largest absolute Gasteiger partial charge is 0.393 e. The number of hydroxylamine groups is 2. The summed E-state index contributed by atoms with van der Waals surface area (Å²) < 4.78 is 0. The Morgan fingerprint density at radius 2 is 1.67 bits per heavy atom. The van der Waals surface area contributed by atoms with Gasteiger partial charge in [-0.3, -0.25) is 0 Å². The maximum atomic E-state index is 12.1. The Balaban J connectivity index is 2.84. The van der Waals surface area contributed by atoms with Crippen molar-refractivity contribution < 1.29 is 10.3 Å². The predicted octanol–water partition coefficient (Wildman–Crippen LogP) is 2.37. The number of aliphatic hydroxyl groups excluding tert-OH is 1. The van der Waals surface area contributed by atoms with Gasteiger partial charge < -0.3 is 5.11 Å². The molecule has 0 bridgehead atoms. The molecule has 1 radical (unpaired) electrons. The predicted molar refractivity (Wildman–Crippen MR) is 59.7 cm³/mol. The molecule has 1 N–H and O–H groups in total. The fourth-order valence-electron chi connectivity index (χ4n) is 2.95. The Bertz CT molecular complexity index is 208. The van der Waals surface area contributed by atoms with Gasteiger partial charge in [-0.05, 0) is 52.9 Å². The molecule has 3 nitrogen and oxygen atoms in total. The van der Waals surface area contributed by atoms with Crippen molar-refractivity contribution >= 4 is 0 Å². The highest BCUT2D eigenvalue weighted by Crippen LogP contribution is 2.41. The molecule has 0 spiro atoms. The second-order valence-electron chi connectivity index (χ2n) is 6.06. The quantitative estimate of drug-likeness (QED) is 0.767. The van der Waals surface area contributed by atoms with Gasteiger partial charge in [0.1, 0.15) is 0 Å². The molecule has 1 rings (SSSR count). The van der Waals surface area contributed by atoms with Crippen LogP contribution in [0.3, 0.4) is 0 Å². The van der Waals surface area contributed by atoms with E-state index < -0.39 is 0 Å². The summed E-state index contributed by atoms with van der Waals surface area (Å²) in [5.74, 6) is 0.255. The molecular weight excluding hydrogens is 190 g/mol.